The number of esters is 1. The highest BCUT2D eigenvalue weighted by atomic mass is 79.9. The third-order valence-corrected chi connectivity index (χ3v) is 7.65. The van der Waals surface area contributed by atoms with E-state index in [0.29, 0.717) is 28.7 Å². The molecule has 0 unspecified atom stereocenters. The zero-order chi connectivity index (χ0) is 27.9. The maximum absolute atomic E-state index is 12.9. The number of hydrogen-bond acceptors (Lipinski definition) is 6. The van der Waals surface area contributed by atoms with Crippen LogP contribution in [0.1, 0.15) is 31.9 Å². The Morgan fingerprint density at radius 2 is 1.72 bits per heavy atom. The number of rotatable bonds is 9. The lowest BCUT2D eigenvalue weighted by Gasteiger charge is -2.12. The standard InChI is InChI=1S/C31H28BrNO5S/c1-19-7-5-6-8-23(19)18-38-25-15-9-21(17-26(25)36-3)10-16-27(34)33-30-29(31(35)37-4)28(20(2)39-30)22-11-13-24(32)14-12-22/h5-17H,18H2,1-4H3,(H,33,34)/b16-10+. The maximum Gasteiger partial charge on any atom is 0.341 e. The largest absolute Gasteiger partial charge is 0.493 e. The number of carbonyl (C=O) groups excluding carboxylic acids is 2. The van der Waals surface area contributed by atoms with Crippen molar-refractivity contribution in [1.29, 1.82) is 0 Å². The van der Waals surface area contributed by atoms with E-state index in [0.717, 1.165) is 37.2 Å². The van der Waals surface area contributed by atoms with Crippen molar-refractivity contribution in [2.45, 2.75) is 20.5 Å². The van der Waals surface area contributed by atoms with Gasteiger partial charge in [0.2, 0.25) is 5.91 Å². The van der Waals surface area contributed by atoms with E-state index < -0.39 is 5.97 Å². The van der Waals surface area contributed by atoms with Gasteiger partial charge in [-0.3, -0.25) is 4.79 Å². The summed E-state index contributed by atoms with van der Waals surface area (Å²) in [4.78, 5) is 26.5. The molecule has 0 aliphatic carbocycles. The van der Waals surface area contributed by atoms with E-state index in [9.17, 15) is 9.59 Å². The Morgan fingerprint density at radius 1 is 0.974 bits per heavy atom. The van der Waals surface area contributed by atoms with Crippen molar-refractivity contribution in [1.82, 2.24) is 0 Å². The average Bonchev–Trinajstić information content (AvgIpc) is 3.26. The lowest BCUT2D eigenvalue weighted by molar-refractivity contribution is -0.111. The van der Waals surface area contributed by atoms with Gasteiger partial charge in [-0.2, -0.15) is 0 Å². The summed E-state index contributed by atoms with van der Waals surface area (Å²) in [7, 11) is 2.90. The van der Waals surface area contributed by atoms with Gasteiger partial charge in [0.05, 0.1) is 14.2 Å². The Kier molecular flexibility index (Phi) is 9.22. The molecule has 1 amide bonds. The molecule has 1 heterocycles. The highest BCUT2D eigenvalue weighted by molar-refractivity contribution is 9.10. The number of halogens is 1. The topological polar surface area (TPSA) is 73.9 Å². The van der Waals surface area contributed by atoms with Gasteiger partial charge in [0, 0.05) is 21.0 Å². The summed E-state index contributed by atoms with van der Waals surface area (Å²) in [5, 5.41) is 3.28. The fourth-order valence-corrected chi connectivity index (χ4v) is 5.39. The summed E-state index contributed by atoms with van der Waals surface area (Å²) in [6.07, 6.45) is 3.09. The van der Waals surface area contributed by atoms with Gasteiger partial charge in [0.15, 0.2) is 11.5 Å². The van der Waals surface area contributed by atoms with E-state index in [1.165, 1.54) is 24.5 Å². The number of aryl methyl sites for hydroxylation is 2. The number of carbonyl (C=O) groups is 2. The van der Waals surface area contributed by atoms with E-state index in [2.05, 4.69) is 21.2 Å². The van der Waals surface area contributed by atoms with Crippen LogP contribution in [-0.4, -0.2) is 26.1 Å². The zero-order valence-corrected chi connectivity index (χ0v) is 24.4. The van der Waals surface area contributed by atoms with Gasteiger partial charge in [-0.05, 0) is 66.4 Å². The number of methoxy groups -OCH3 is 2. The number of hydrogen-bond donors (Lipinski definition) is 1. The number of anilines is 1. The highest BCUT2D eigenvalue weighted by Gasteiger charge is 2.24. The van der Waals surface area contributed by atoms with Crippen LogP contribution in [0.25, 0.3) is 17.2 Å². The van der Waals surface area contributed by atoms with Crippen LogP contribution in [0, 0.1) is 13.8 Å². The zero-order valence-electron chi connectivity index (χ0n) is 22.0. The first-order chi connectivity index (χ1) is 18.8. The Bertz CT molecular complexity index is 1520. The lowest BCUT2D eigenvalue weighted by Crippen LogP contribution is -2.11. The molecule has 0 radical (unpaired) electrons. The van der Waals surface area contributed by atoms with Gasteiger partial charge in [0.25, 0.3) is 0 Å². The molecule has 1 N–H and O–H groups in total. The normalized spacial score (nSPS) is 10.9. The Morgan fingerprint density at radius 3 is 2.41 bits per heavy atom. The third kappa shape index (κ3) is 6.77. The number of thiophene rings is 1. The average molecular weight is 607 g/mol. The molecular formula is C31H28BrNO5S. The molecule has 0 bridgehead atoms. The molecule has 0 aliphatic heterocycles. The second kappa shape index (κ2) is 12.8. The number of ether oxygens (including phenoxy) is 3. The van der Waals surface area contributed by atoms with Gasteiger partial charge in [0.1, 0.15) is 17.2 Å². The molecule has 0 saturated heterocycles. The molecule has 6 nitrogen and oxygen atoms in total. The number of nitrogens with one attached hydrogen (secondary N) is 1. The molecule has 0 fully saturated rings. The van der Waals surface area contributed by atoms with Gasteiger partial charge in [-0.1, -0.05) is 58.4 Å². The Labute approximate surface area is 240 Å². The minimum Gasteiger partial charge on any atom is -0.493 e. The first-order valence-electron chi connectivity index (χ1n) is 12.1. The number of benzene rings is 3. The molecule has 0 spiro atoms. The molecular weight excluding hydrogens is 578 g/mol. The first kappa shape index (κ1) is 28.1. The van der Waals surface area contributed by atoms with Crippen molar-refractivity contribution in [2.24, 2.45) is 0 Å². The van der Waals surface area contributed by atoms with Crippen molar-refractivity contribution in [2.75, 3.05) is 19.5 Å². The maximum atomic E-state index is 12.9. The molecule has 4 rings (SSSR count). The molecule has 3 aromatic carbocycles. The highest BCUT2D eigenvalue weighted by Crippen LogP contribution is 2.40. The molecule has 200 valence electrons. The van der Waals surface area contributed by atoms with Crippen LogP contribution in [-0.2, 0) is 16.1 Å². The van der Waals surface area contributed by atoms with E-state index in [1.54, 1.807) is 19.3 Å². The van der Waals surface area contributed by atoms with Crippen LogP contribution in [0.5, 0.6) is 11.5 Å². The van der Waals surface area contributed by atoms with Crippen molar-refractivity contribution in [3.05, 3.63) is 104 Å². The van der Waals surface area contributed by atoms with Crippen molar-refractivity contribution in [3.63, 3.8) is 0 Å². The predicted octanol–water partition coefficient (Wildman–Crippen LogP) is 7.82. The van der Waals surface area contributed by atoms with Crippen molar-refractivity contribution >= 4 is 50.2 Å². The van der Waals surface area contributed by atoms with E-state index in [-0.39, 0.29) is 5.91 Å². The molecule has 0 saturated carbocycles. The van der Waals surface area contributed by atoms with Crippen LogP contribution in [0.2, 0.25) is 0 Å². The monoisotopic (exact) mass is 605 g/mol. The summed E-state index contributed by atoms with van der Waals surface area (Å²) in [6, 6.07) is 21.2. The second-order valence-electron chi connectivity index (χ2n) is 8.68. The molecule has 39 heavy (non-hydrogen) atoms. The molecule has 4 aromatic rings. The predicted molar refractivity (Wildman–Crippen MR) is 160 cm³/mol. The number of amides is 1. The Hall–Kier alpha value is -3.88. The molecule has 1 aromatic heterocycles. The van der Waals surface area contributed by atoms with Crippen LogP contribution in [0.4, 0.5) is 5.00 Å². The second-order valence-corrected chi connectivity index (χ2v) is 10.8. The smallest absolute Gasteiger partial charge is 0.341 e. The van der Waals surface area contributed by atoms with Crippen LogP contribution >= 0.6 is 27.3 Å². The Balaban J connectivity index is 1.51. The van der Waals surface area contributed by atoms with E-state index >= 15 is 0 Å². The summed E-state index contributed by atoms with van der Waals surface area (Å²) < 4.78 is 17.5. The van der Waals surface area contributed by atoms with Gasteiger partial charge in [-0.25, -0.2) is 4.79 Å². The quantitative estimate of drug-likeness (QED) is 0.155. The first-order valence-corrected chi connectivity index (χ1v) is 13.7. The van der Waals surface area contributed by atoms with Crippen LogP contribution in [0.3, 0.4) is 0 Å². The molecule has 8 heteroatoms. The van der Waals surface area contributed by atoms with Gasteiger partial charge < -0.3 is 19.5 Å². The van der Waals surface area contributed by atoms with Crippen molar-refractivity contribution < 1.29 is 23.8 Å². The fraction of sp³-hybridized carbons (Fsp3) is 0.161. The summed E-state index contributed by atoms with van der Waals surface area (Å²) in [6.45, 7) is 4.38. The SMILES string of the molecule is COC(=O)c1c(NC(=O)/C=C/c2ccc(OCc3ccccc3C)c(OC)c2)sc(C)c1-c1ccc(Br)cc1. The van der Waals surface area contributed by atoms with E-state index in [4.69, 9.17) is 14.2 Å². The summed E-state index contributed by atoms with van der Waals surface area (Å²) in [5.41, 5.74) is 4.95. The molecule has 0 atom stereocenters. The van der Waals surface area contributed by atoms with Gasteiger partial charge >= 0.3 is 5.97 Å². The van der Waals surface area contributed by atoms with Crippen LogP contribution in [0.15, 0.2) is 77.3 Å². The van der Waals surface area contributed by atoms with E-state index in [1.807, 2.05) is 74.5 Å². The molecule has 0 aliphatic rings. The summed E-state index contributed by atoms with van der Waals surface area (Å²) >= 11 is 4.77. The summed E-state index contributed by atoms with van der Waals surface area (Å²) in [5.74, 6) is 0.289. The lowest BCUT2D eigenvalue weighted by atomic mass is 10.0. The minimum absolute atomic E-state index is 0.334. The van der Waals surface area contributed by atoms with Gasteiger partial charge in [-0.15, -0.1) is 11.3 Å². The van der Waals surface area contributed by atoms with Crippen LogP contribution < -0.4 is 14.8 Å². The minimum atomic E-state index is -0.512. The fourth-order valence-electron chi connectivity index (χ4n) is 4.05. The van der Waals surface area contributed by atoms with Crippen molar-refractivity contribution in [3.8, 4) is 22.6 Å². The third-order valence-electron chi connectivity index (χ3n) is 6.10.